The summed E-state index contributed by atoms with van der Waals surface area (Å²) in [6.45, 7) is 12.9. The molecular formula is C32H48O5. The third kappa shape index (κ3) is 11.3. The van der Waals surface area contributed by atoms with Crippen LogP contribution in [0, 0.1) is 11.8 Å². The van der Waals surface area contributed by atoms with Gasteiger partial charge in [0.1, 0.15) is 6.10 Å². The molecule has 206 valence electrons. The Morgan fingerprint density at radius 1 is 1.00 bits per heavy atom. The zero-order chi connectivity index (χ0) is 27.2. The summed E-state index contributed by atoms with van der Waals surface area (Å²) in [5, 5.41) is 9.50. The van der Waals surface area contributed by atoms with E-state index < -0.39 is 18.0 Å². The Bertz CT molecular complexity index is 864. The van der Waals surface area contributed by atoms with Gasteiger partial charge in [0, 0.05) is 30.1 Å². The lowest BCUT2D eigenvalue weighted by Gasteiger charge is -2.29. The lowest BCUT2D eigenvalue weighted by Crippen LogP contribution is -2.27. The maximum Gasteiger partial charge on any atom is 0.333 e. The average molecular weight is 513 g/mol. The first kappa shape index (κ1) is 30.8. The van der Waals surface area contributed by atoms with Crippen molar-refractivity contribution in [3.05, 3.63) is 59.7 Å². The van der Waals surface area contributed by atoms with E-state index in [1.807, 2.05) is 0 Å². The fraction of sp³-hybridized carbons (Fsp3) is 0.625. The highest BCUT2D eigenvalue weighted by atomic mass is 16.5. The minimum atomic E-state index is -0.477. The number of hydrogen-bond acceptors (Lipinski definition) is 5. The normalized spacial score (nSPS) is 19.0. The van der Waals surface area contributed by atoms with E-state index in [0.717, 1.165) is 11.5 Å². The zero-order valence-electron chi connectivity index (χ0n) is 23.3. The van der Waals surface area contributed by atoms with Crippen LogP contribution in [-0.4, -0.2) is 36.4 Å². The van der Waals surface area contributed by atoms with Gasteiger partial charge in [-0.1, -0.05) is 70.0 Å². The fourth-order valence-electron chi connectivity index (χ4n) is 5.25. The van der Waals surface area contributed by atoms with Crippen molar-refractivity contribution in [1.82, 2.24) is 0 Å². The zero-order valence-corrected chi connectivity index (χ0v) is 23.3. The van der Waals surface area contributed by atoms with E-state index in [-0.39, 0.29) is 19.1 Å². The van der Waals surface area contributed by atoms with Crippen molar-refractivity contribution in [2.75, 3.05) is 13.2 Å². The number of esters is 2. The van der Waals surface area contributed by atoms with E-state index in [9.17, 15) is 14.7 Å². The first-order valence-corrected chi connectivity index (χ1v) is 14.1. The molecule has 1 aromatic rings. The van der Waals surface area contributed by atoms with Crippen molar-refractivity contribution in [2.45, 2.75) is 103 Å². The van der Waals surface area contributed by atoms with Gasteiger partial charge in [-0.05, 0) is 75.3 Å². The maximum atomic E-state index is 12.1. The van der Waals surface area contributed by atoms with Crippen LogP contribution in [-0.2, 0) is 25.5 Å². The van der Waals surface area contributed by atoms with Crippen LogP contribution in [0.15, 0.2) is 48.6 Å². The standard InChI is InChI=1S/C32H48O5/c1-6-7-8-9-25-10-14-28(15-11-25)29-16-12-26(13-17-29)20-27(22-36-31(34)23(2)3)21-30(18-19-33)37-32(35)24(4)5/h12-13,16-17,25,27-28,30,33H,2,4,6-11,14-15,18-22H2,1,3,5H3. The van der Waals surface area contributed by atoms with Gasteiger partial charge in [0.2, 0.25) is 0 Å². The molecule has 2 atom stereocenters. The van der Waals surface area contributed by atoms with Crippen LogP contribution in [0.25, 0.3) is 0 Å². The summed E-state index contributed by atoms with van der Waals surface area (Å²) in [4.78, 5) is 24.1. The third-order valence-corrected chi connectivity index (χ3v) is 7.51. The second-order valence-electron chi connectivity index (χ2n) is 11.0. The summed E-state index contributed by atoms with van der Waals surface area (Å²) >= 11 is 0. The van der Waals surface area contributed by atoms with Gasteiger partial charge in [-0.3, -0.25) is 0 Å². The molecule has 1 fully saturated rings. The van der Waals surface area contributed by atoms with Gasteiger partial charge >= 0.3 is 11.9 Å². The molecule has 37 heavy (non-hydrogen) atoms. The Labute approximate surface area is 224 Å². The van der Waals surface area contributed by atoms with Crippen molar-refractivity contribution >= 4 is 11.9 Å². The van der Waals surface area contributed by atoms with E-state index in [0.29, 0.717) is 36.3 Å². The predicted molar refractivity (Wildman–Crippen MR) is 149 cm³/mol. The molecule has 5 nitrogen and oxygen atoms in total. The molecular weight excluding hydrogens is 464 g/mol. The molecule has 0 saturated heterocycles. The van der Waals surface area contributed by atoms with E-state index in [4.69, 9.17) is 9.47 Å². The first-order chi connectivity index (χ1) is 17.7. The van der Waals surface area contributed by atoms with Crippen molar-refractivity contribution in [3.63, 3.8) is 0 Å². The lowest BCUT2D eigenvalue weighted by molar-refractivity contribution is -0.147. The van der Waals surface area contributed by atoms with Crippen molar-refractivity contribution in [2.24, 2.45) is 11.8 Å². The highest BCUT2D eigenvalue weighted by Crippen LogP contribution is 2.38. The van der Waals surface area contributed by atoms with Crippen LogP contribution in [0.1, 0.15) is 102 Å². The minimum Gasteiger partial charge on any atom is -0.462 e. The minimum absolute atomic E-state index is 0.0674. The second kappa shape index (κ2) is 16.4. The molecule has 1 aliphatic rings. The summed E-state index contributed by atoms with van der Waals surface area (Å²) in [5.74, 6) is 0.570. The van der Waals surface area contributed by atoms with Gasteiger partial charge in [-0.25, -0.2) is 9.59 Å². The molecule has 0 radical (unpaired) electrons. The van der Waals surface area contributed by atoms with Gasteiger partial charge in [0.25, 0.3) is 0 Å². The van der Waals surface area contributed by atoms with Crippen LogP contribution in [0.2, 0.25) is 0 Å². The molecule has 0 aliphatic heterocycles. The fourth-order valence-corrected chi connectivity index (χ4v) is 5.25. The number of ether oxygens (including phenoxy) is 2. The van der Waals surface area contributed by atoms with E-state index in [1.165, 1.54) is 56.9 Å². The molecule has 0 heterocycles. The summed E-state index contributed by atoms with van der Waals surface area (Å²) in [7, 11) is 0. The molecule has 1 aromatic carbocycles. The van der Waals surface area contributed by atoms with Crippen LogP contribution >= 0.6 is 0 Å². The molecule has 1 aliphatic carbocycles. The third-order valence-electron chi connectivity index (χ3n) is 7.51. The van der Waals surface area contributed by atoms with Crippen molar-refractivity contribution in [1.29, 1.82) is 0 Å². The number of rotatable bonds is 16. The Balaban J connectivity index is 2.01. The number of unbranched alkanes of at least 4 members (excludes halogenated alkanes) is 2. The molecule has 0 aromatic heterocycles. The number of aliphatic hydroxyl groups is 1. The SMILES string of the molecule is C=C(C)C(=O)OCC(Cc1ccc(C2CCC(CCCCC)CC2)cc1)CC(CCO)OC(=O)C(=C)C. The summed E-state index contributed by atoms with van der Waals surface area (Å²) < 4.78 is 11.0. The van der Waals surface area contributed by atoms with Gasteiger partial charge in [-0.15, -0.1) is 0 Å². The highest BCUT2D eigenvalue weighted by Gasteiger charge is 2.24. The molecule has 2 unspecified atom stereocenters. The Hall–Kier alpha value is -2.40. The van der Waals surface area contributed by atoms with Gasteiger partial charge in [0.05, 0.1) is 6.61 Å². The second-order valence-corrected chi connectivity index (χ2v) is 11.0. The molecule has 1 N–H and O–H groups in total. The highest BCUT2D eigenvalue weighted by molar-refractivity contribution is 5.87. The molecule has 0 amide bonds. The quantitative estimate of drug-likeness (QED) is 0.146. The van der Waals surface area contributed by atoms with Crippen molar-refractivity contribution in [3.8, 4) is 0 Å². The first-order valence-electron chi connectivity index (χ1n) is 14.1. The Morgan fingerprint density at radius 3 is 2.22 bits per heavy atom. The molecule has 0 bridgehead atoms. The number of benzene rings is 1. The maximum absolute atomic E-state index is 12.1. The average Bonchev–Trinajstić information content (AvgIpc) is 2.88. The summed E-state index contributed by atoms with van der Waals surface area (Å²) in [6, 6.07) is 8.86. The van der Waals surface area contributed by atoms with E-state index in [1.54, 1.807) is 13.8 Å². The van der Waals surface area contributed by atoms with Crippen LogP contribution < -0.4 is 0 Å². The summed E-state index contributed by atoms with van der Waals surface area (Å²) in [6.07, 6.45) is 11.6. The molecule has 5 heteroatoms. The topological polar surface area (TPSA) is 72.8 Å². The van der Waals surface area contributed by atoms with Crippen LogP contribution in [0.4, 0.5) is 0 Å². The van der Waals surface area contributed by atoms with Gasteiger partial charge < -0.3 is 14.6 Å². The Morgan fingerprint density at radius 2 is 1.65 bits per heavy atom. The van der Waals surface area contributed by atoms with E-state index in [2.05, 4.69) is 44.3 Å². The van der Waals surface area contributed by atoms with E-state index >= 15 is 0 Å². The number of aliphatic hydroxyl groups excluding tert-OH is 1. The van der Waals surface area contributed by atoms with Gasteiger partial charge in [-0.2, -0.15) is 0 Å². The monoisotopic (exact) mass is 512 g/mol. The predicted octanol–water partition coefficient (Wildman–Crippen LogP) is 7.08. The number of hydrogen-bond donors (Lipinski definition) is 1. The molecule has 2 rings (SSSR count). The van der Waals surface area contributed by atoms with Crippen molar-refractivity contribution < 1.29 is 24.2 Å². The lowest BCUT2D eigenvalue weighted by atomic mass is 9.77. The Kier molecular flexibility index (Phi) is 13.7. The van der Waals surface area contributed by atoms with Gasteiger partial charge in [0.15, 0.2) is 0 Å². The number of carbonyl (C=O) groups is 2. The molecule has 1 saturated carbocycles. The van der Waals surface area contributed by atoms with Crippen LogP contribution in [0.3, 0.4) is 0 Å². The largest absolute Gasteiger partial charge is 0.462 e. The smallest absolute Gasteiger partial charge is 0.333 e. The molecule has 0 spiro atoms. The summed E-state index contributed by atoms with van der Waals surface area (Å²) in [5.41, 5.74) is 3.24. The number of carbonyl (C=O) groups excluding carboxylic acids is 2. The van der Waals surface area contributed by atoms with Crippen LogP contribution in [0.5, 0.6) is 0 Å².